The summed E-state index contributed by atoms with van der Waals surface area (Å²) in [6.07, 6.45) is 2.74. The van der Waals surface area contributed by atoms with Crippen molar-refractivity contribution in [3.8, 4) is 0 Å². The second kappa shape index (κ2) is 10.9. The molecule has 16 heavy (non-hydrogen) atoms. The van der Waals surface area contributed by atoms with Crippen LogP contribution in [0.4, 0.5) is 0 Å². The first-order valence-electron chi connectivity index (χ1n) is 6.12. The lowest BCUT2D eigenvalue weighted by molar-refractivity contribution is -0.143. The van der Waals surface area contributed by atoms with Gasteiger partial charge in [-0.1, -0.05) is 13.3 Å². The van der Waals surface area contributed by atoms with Gasteiger partial charge in [-0.05, 0) is 20.4 Å². The number of likely N-dealkylation sites (N-methyl/N-ethyl adjacent to an activating group) is 1. The lowest BCUT2D eigenvalue weighted by Gasteiger charge is -2.15. The maximum Gasteiger partial charge on any atom is 0.307 e. The summed E-state index contributed by atoms with van der Waals surface area (Å²) in [5, 5.41) is 0. The van der Waals surface area contributed by atoms with Crippen LogP contribution in [0.25, 0.3) is 0 Å². The van der Waals surface area contributed by atoms with Crippen LogP contribution in [0, 0.1) is 0 Å². The minimum atomic E-state index is -0.124. The van der Waals surface area contributed by atoms with E-state index in [4.69, 9.17) is 9.47 Å². The Bertz CT molecular complexity index is 174. The van der Waals surface area contributed by atoms with Crippen molar-refractivity contribution in [2.45, 2.75) is 33.1 Å². The van der Waals surface area contributed by atoms with E-state index in [1.165, 1.54) is 6.42 Å². The van der Waals surface area contributed by atoms with E-state index in [9.17, 15) is 4.79 Å². The Balaban J connectivity index is 3.30. The zero-order valence-corrected chi connectivity index (χ0v) is 10.8. The van der Waals surface area contributed by atoms with Crippen molar-refractivity contribution in [2.75, 3.05) is 40.0 Å². The largest absolute Gasteiger partial charge is 0.466 e. The molecule has 0 rings (SSSR count). The topological polar surface area (TPSA) is 38.8 Å². The van der Waals surface area contributed by atoms with Crippen molar-refractivity contribution in [3.05, 3.63) is 0 Å². The Morgan fingerprint density at radius 3 is 2.56 bits per heavy atom. The first-order chi connectivity index (χ1) is 7.70. The number of unbranched alkanes of at least 4 members (excludes halogenated alkanes) is 1. The van der Waals surface area contributed by atoms with Crippen molar-refractivity contribution in [3.63, 3.8) is 0 Å². The molecule has 0 saturated heterocycles. The van der Waals surface area contributed by atoms with Gasteiger partial charge in [0.25, 0.3) is 0 Å². The quantitative estimate of drug-likeness (QED) is 0.423. The Morgan fingerprint density at radius 1 is 1.19 bits per heavy atom. The summed E-state index contributed by atoms with van der Waals surface area (Å²) >= 11 is 0. The molecule has 0 spiro atoms. The Kier molecular flexibility index (Phi) is 10.5. The molecule has 0 unspecified atom stereocenters. The molecule has 96 valence electrons. The smallest absolute Gasteiger partial charge is 0.307 e. The fourth-order valence-corrected chi connectivity index (χ4v) is 1.20. The molecule has 0 bridgehead atoms. The van der Waals surface area contributed by atoms with Crippen molar-refractivity contribution < 1.29 is 14.3 Å². The van der Waals surface area contributed by atoms with E-state index in [-0.39, 0.29) is 5.97 Å². The molecule has 0 amide bonds. The predicted molar refractivity (Wildman–Crippen MR) is 64.5 cm³/mol. The van der Waals surface area contributed by atoms with Crippen LogP contribution in [0.3, 0.4) is 0 Å². The molecular formula is C12H25NO3. The summed E-state index contributed by atoms with van der Waals surface area (Å²) in [5.41, 5.74) is 0. The lowest BCUT2D eigenvalue weighted by atomic mass is 10.4. The van der Waals surface area contributed by atoms with Crippen LogP contribution in [0.1, 0.15) is 33.1 Å². The van der Waals surface area contributed by atoms with Crippen LogP contribution in [-0.2, 0) is 14.3 Å². The van der Waals surface area contributed by atoms with Gasteiger partial charge < -0.3 is 14.4 Å². The minimum Gasteiger partial charge on any atom is -0.466 e. The average Bonchev–Trinajstić information content (AvgIpc) is 2.26. The van der Waals surface area contributed by atoms with E-state index in [1.807, 2.05) is 14.0 Å². The van der Waals surface area contributed by atoms with Gasteiger partial charge in [0, 0.05) is 19.7 Å². The van der Waals surface area contributed by atoms with E-state index < -0.39 is 0 Å². The van der Waals surface area contributed by atoms with E-state index >= 15 is 0 Å². The highest BCUT2D eigenvalue weighted by Crippen LogP contribution is 1.92. The standard InChI is InChI=1S/C12H25NO3/c1-4-6-10-15-11-9-13(3)8-7-12(14)16-5-2/h4-11H2,1-3H3. The first-order valence-corrected chi connectivity index (χ1v) is 6.12. The molecule has 0 aliphatic carbocycles. The maximum absolute atomic E-state index is 11.1. The van der Waals surface area contributed by atoms with Gasteiger partial charge in [-0.25, -0.2) is 0 Å². The molecule has 4 heteroatoms. The molecule has 0 aromatic carbocycles. The van der Waals surface area contributed by atoms with Crippen LogP contribution in [0.5, 0.6) is 0 Å². The zero-order valence-electron chi connectivity index (χ0n) is 10.8. The number of hydrogen-bond donors (Lipinski definition) is 0. The van der Waals surface area contributed by atoms with Crippen LogP contribution < -0.4 is 0 Å². The molecule has 0 saturated carbocycles. The molecule has 0 atom stereocenters. The minimum absolute atomic E-state index is 0.124. The van der Waals surface area contributed by atoms with E-state index in [0.29, 0.717) is 13.0 Å². The summed E-state index contributed by atoms with van der Waals surface area (Å²) < 4.78 is 10.3. The maximum atomic E-state index is 11.1. The van der Waals surface area contributed by atoms with Crippen LogP contribution in [0.2, 0.25) is 0 Å². The third kappa shape index (κ3) is 9.93. The summed E-state index contributed by atoms with van der Waals surface area (Å²) in [4.78, 5) is 13.2. The molecule has 0 N–H and O–H groups in total. The summed E-state index contributed by atoms with van der Waals surface area (Å²) in [5.74, 6) is -0.124. The molecule has 0 radical (unpaired) electrons. The van der Waals surface area contributed by atoms with Crippen LogP contribution in [0.15, 0.2) is 0 Å². The van der Waals surface area contributed by atoms with Crippen LogP contribution in [-0.4, -0.2) is 50.8 Å². The predicted octanol–water partition coefficient (Wildman–Crippen LogP) is 1.69. The molecule has 0 aliphatic heterocycles. The number of carbonyl (C=O) groups excluding carboxylic acids is 1. The Hall–Kier alpha value is -0.610. The highest BCUT2D eigenvalue weighted by atomic mass is 16.5. The van der Waals surface area contributed by atoms with Crippen molar-refractivity contribution in [2.24, 2.45) is 0 Å². The summed E-state index contributed by atoms with van der Waals surface area (Å²) in [7, 11) is 1.99. The number of esters is 1. The molecule has 4 nitrogen and oxygen atoms in total. The second-order valence-electron chi connectivity index (χ2n) is 3.82. The fraction of sp³-hybridized carbons (Fsp3) is 0.917. The van der Waals surface area contributed by atoms with E-state index in [0.717, 1.165) is 32.7 Å². The summed E-state index contributed by atoms with van der Waals surface area (Å²) in [6, 6.07) is 0. The normalized spacial score (nSPS) is 10.8. The van der Waals surface area contributed by atoms with Gasteiger partial charge in [-0.15, -0.1) is 0 Å². The Morgan fingerprint density at radius 2 is 1.94 bits per heavy atom. The van der Waals surface area contributed by atoms with Gasteiger partial charge in [-0.3, -0.25) is 4.79 Å². The van der Waals surface area contributed by atoms with Gasteiger partial charge in [0.15, 0.2) is 0 Å². The highest BCUT2D eigenvalue weighted by molar-refractivity contribution is 5.69. The number of nitrogens with zero attached hydrogens (tertiary/aromatic N) is 1. The van der Waals surface area contributed by atoms with Crippen molar-refractivity contribution in [1.82, 2.24) is 4.90 Å². The number of rotatable bonds is 10. The van der Waals surface area contributed by atoms with Crippen molar-refractivity contribution >= 4 is 5.97 Å². The van der Waals surface area contributed by atoms with Crippen LogP contribution >= 0.6 is 0 Å². The zero-order chi connectivity index (χ0) is 12.2. The third-order valence-electron chi connectivity index (χ3n) is 2.26. The molecule has 0 aromatic heterocycles. The number of hydrogen-bond acceptors (Lipinski definition) is 4. The lowest BCUT2D eigenvalue weighted by Crippen LogP contribution is -2.26. The fourth-order valence-electron chi connectivity index (χ4n) is 1.20. The average molecular weight is 231 g/mol. The van der Waals surface area contributed by atoms with Crippen molar-refractivity contribution in [1.29, 1.82) is 0 Å². The second-order valence-corrected chi connectivity index (χ2v) is 3.82. The summed E-state index contributed by atoms with van der Waals surface area (Å²) in [6.45, 7) is 7.60. The van der Waals surface area contributed by atoms with E-state index in [1.54, 1.807) is 0 Å². The van der Waals surface area contributed by atoms with Gasteiger partial charge in [0.2, 0.25) is 0 Å². The van der Waals surface area contributed by atoms with Gasteiger partial charge >= 0.3 is 5.97 Å². The molecular weight excluding hydrogens is 206 g/mol. The third-order valence-corrected chi connectivity index (χ3v) is 2.26. The molecule has 0 aromatic rings. The first kappa shape index (κ1) is 15.4. The molecule has 0 fully saturated rings. The SMILES string of the molecule is CCCCOCCN(C)CCC(=O)OCC. The number of ether oxygens (including phenoxy) is 2. The molecule has 0 aliphatic rings. The number of carbonyl (C=O) groups is 1. The molecule has 0 heterocycles. The van der Waals surface area contributed by atoms with Gasteiger partial charge in [-0.2, -0.15) is 0 Å². The monoisotopic (exact) mass is 231 g/mol. The van der Waals surface area contributed by atoms with Gasteiger partial charge in [0.1, 0.15) is 0 Å². The highest BCUT2D eigenvalue weighted by Gasteiger charge is 2.04. The van der Waals surface area contributed by atoms with Gasteiger partial charge in [0.05, 0.1) is 19.6 Å². The Labute approximate surface area is 98.9 Å². The van der Waals surface area contributed by atoms with E-state index in [2.05, 4.69) is 11.8 Å².